The van der Waals surface area contributed by atoms with E-state index in [1.165, 1.54) is 0 Å². The second kappa shape index (κ2) is 8.50. The van der Waals surface area contributed by atoms with Crippen molar-refractivity contribution in [3.8, 4) is 0 Å². The zero-order valence-electron chi connectivity index (χ0n) is 12.7. The lowest BCUT2D eigenvalue weighted by atomic mass is 10.2. The number of pyridine rings is 1. The van der Waals surface area contributed by atoms with E-state index in [-0.39, 0.29) is 29.7 Å². The number of amides is 1. The van der Waals surface area contributed by atoms with Crippen LogP contribution in [0.3, 0.4) is 0 Å². The molecule has 0 spiro atoms. The summed E-state index contributed by atoms with van der Waals surface area (Å²) in [5, 5.41) is 2.53. The molecule has 1 fully saturated rings. The van der Waals surface area contributed by atoms with E-state index in [0.29, 0.717) is 19.2 Å². The van der Waals surface area contributed by atoms with Crippen LogP contribution >= 0.6 is 11.6 Å². The molecule has 0 saturated carbocycles. The first kappa shape index (κ1) is 18.8. The summed E-state index contributed by atoms with van der Waals surface area (Å²) in [6.45, 7) is 0.735. The lowest BCUT2D eigenvalue weighted by molar-refractivity contribution is -0.200. The van der Waals surface area contributed by atoms with Crippen LogP contribution in [0, 0.1) is 0 Å². The lowest BCUT2D eigenvalue weighted by Gasteiger charge is -2.22. The summed E-state index contributed by atoms with van der Waals surface area (Å²) in [6.07, 6.45) is -1.58. The van der Waals surface area contributed by atoms with E-state index in [1.807, 2.05) is 0 Å². The maximum Gasteiger partial charge on any atom is 0.417 e. The summed E-state index contributed by atoms with van der Waals surface area (Å²) in [5.74, 6) is -0.311. The summed E-state index contributed by atoms with van der Waals surface area (Å²) >= 11 is 5.75. The molecule has 1 aliphatic heterocycles. The molecule has 0 bridgehead atoms. The molecule has 1 saturated heterocycles. The molecule has 1 amide bonds. The maximum atomic E-state index is 12.5. The average Bonchev–Trinajstić information content (AvgIpc) is 2.54. The van der Waals surface area contributed by atoms with E-state index in [9.17, 15) is 18.0 Å². The van der Waals surface area contributed by atoms with Crippen LogP contribution in [-0.4, -0.2) is 30.3 Å². The molecule has 24 heavy (non-hydrogen) atoms. The fourth-order valence-corrected chi connectivity index (χ4v) is 2.24. The van der Waals surface area contributed by atoms with Crippen molar-refractivity contribution in [3.63, 3.8) is 0 Å². The summed E-state index contributed by atoms with van der Waals surface area (Å²) in [7, 11) is 0. The quantitative estimate of drug-likeness (QED) is 0.756. The molecule has 0 radical (unpaired) electrons. The standard InChI is InChI=1S/C14H17ClF3N3O3/c15-10-7-9(14(16,17)18)8-20-13(10)19-5-4-11(22)21-24-12-3-1-2-6-23-12/h7-8,12H,1-6H2,(H,19,20)(H,21,22). The van der Waals surface area contributed by atoms with Crippen LogP contribution < -0.4 is 10.8 Å². The summed E-state index contributed by atoms with van der Waals surface area (Å²) < 4.78 is 42.8. The Bertz CT molecular complexity index is 566. The average molecular weight is 368 g/mol. The first-order valence-electron chi connectivity index (χ1n) is 7.39. The number of ether oxygens (including phenoxy) is 1. The van der Waals surface area contributed by atoms with Crippen molar-refractivity contribution in [1.82, 2.24) is 10.5 Å². The molecule has 0 aromatic carbocycles. The largest absolute Gasteiger partial charge is 0.417 e. The van der Waals surface area contributed by atoms with Gasteiger partial charge in [-0.1, -0.05) is 11.6 Å². The molecule has 2 N–H and O–H groups in total. The van der Waals surface area contributed by atoms with Gasteiger partial charge in [-0.25, -0.2) is 15.3 Å². The first-order chi connectivity index (χ1) is 11.4. The first-order valence-corrected chi connectivity index (χ1v) is 7.77. The normalized spacial score (nSPS) is 18.2. The number of carbonyl (C=O) groups is 1. The Labute approximate surface area is 141 Å². The van der Waals surface area contributed by atoms with Crippen LogP contribution in [0.4, 0.5) is 19.0 Å². The smallest absolute Gasteiger partial charge is 0.368 e. The molecule has 134 valence electrons. The van der Waals surface area contributed by atoms with Crippen molar-refractivity contribution in [1.29, 1.82) is 0 Å². The van der Waals surface area contributed by atoms with E-state index in [2.05, 4.69) is 15.8 Å². The number of nitrogens with one attached hydrogen (secondary N) is 2. The third-order valence-electron chi connectivity index (χ3n) is 3.26. The number of nitrogens with zero attached hydrogens (tertiary/aromatic N) is 1. The molecule has 6 nitrogen and oxygen atoms in total. The Morgan fingerprint density at radius 1 is 1.46 bits per heavy atom. The molecular weight excluding hydrogens is 351 g/mol. The molecular formula is C14H17ClF3N3O3. The van der Waals surface area contributed by atoms with Crippen LogP contribution in [0.15, 0.2) is 12.3 Å². The van der Waals surface area contributed by atoms with Crippen molar-refractivity contribution in [3.05, 3.63) is 22.8 Å². The number of aromatic nitrogens is 1. The summed E-state index contributed by atoms with van der Waals surface area (Å²) in [6, 6.07) is 0.778. The monoisotopic (exact) mass is 367 g/mol. The van der Waals surface area contributed by atoms with Gasteiger partial charge in [-0.3, -0.25) is 4.79 Å². The van der Waals surface area contributed by atoms with Gasteiger partial charge in [0.15, 0.2) is 6.29 Å². The number of hydrogen-bond acceptors (Lipinski definition) is 5. The zero-order valence-corrected chi connectivity index (χ0v) is 13.4. The van der Waals surface area contributed by atoms with Crippen molar-refractivity contribution in [2.45, 2.75) is 38.1 Å². The van der Waals surface area contributed by atoms with Gasteiger partial charge in [0.05, 0.1) is 10.6 Å². The third-order valence-corrected chi connectivity index (χ3v) is 3.54. The number of rotatable bonds is 6. The highest BCUT2D eigenvalue weighted by Crippen LogP contribution is 2.32. The van der Waals surface area contributed by atoms with Gasteiger partial charge in [0.25, 0.3) is 0 Å². The van der Waals surface area contributed by atoms with Crippen LogP contribution in [0.1, 0.15) is 31.2 Å². The minimum atomic E-state index is -4.51. The van der Waals surface area contributed by atoms with Crippen molar-refractivity contribution in [2.24, 2.45) is 0 Å². The van der Waals surface area contributed by atoms with Gasteiger partial charge >= 0.3 is 6.18 Å². The van der Waals surface area contributed by atoms with Crippen molar-refractivity contribution < 1.29 is 27.5 Å². The van der Waals surface area contributed by atoms with Crippen LogP contribution in [0.5, 0.6) is 0 Å². The summed E-state index contributed by atoms with van der Waals surface area (Å²) in [5.41, 5.74) is 1.34. The van der Waals surface area contributed by atoms with Crippen LogP contribution in [-0.2, 0) is 20.5 Å². The number of carbonyl (C=O) groups excluding carboxylic acids is 1. The van der Waals surface area contributed by atoms with Crippen molar-refractivity contribution in [2.75, 3.05) is 18.5 Å². The number of alkyl halides is 3. The summed E-state index contributed by atoms with van der Waals surface area (Å²) in [4.78, 5) is 20.3. The van der Waals surface area contributed by atoms with Gasteiger partial charge in [0.2, 0.25) is 5.91 Å². The van der Waals surface area contributed by atoms with Crippen molar-refractivity contribution >= 4 is 23.3 Å². The van der Waals surface area contributed by atoms with Gasteiger partial charge in [0.1, 0.15) is 5.82 Å². The molecule has 1 aromatic heterocycles. The molecule has 2 heterocycles. The fourth-order valence-electron chi connectivity index (χ4n) is 2.00. The zero-order chi connectivity index (χ0) is 17.6. The van der Waals surface area contributed by atoms with Crippen LogP contribution in [0.2, 0.25) is 5.02 Å². The predicted molar refractivity (Wildman–Crippen MR) is 80.2 cm³/mol. The molecule has 0 aliphatic carbocycles. The lowest BCUT2D eigenvalue weighted by Crippen LogP contribution is -2.33. The highest BCUT2D eigenvalue weighted by Gasteiger charge is 2.31. The molecule has 1 unspecified atom stereocenters. The van der Waals surface area contributed by atoms with Gasteiger partial charge < -0.3 is 10.1 Å². The van der Waals surface area contributed by atoms with Gasteiger partial charge in [-0.2, -0.15) is 13.2 Å². The molecule has 2 rings (SSSR count). The highest BCUT2D eigenvalue weighted by molar-refractivity contribution is 6.32. The Balaban J connectivity index is 1.72. The second-order valence-corrected chi connectivity index (χ2v) is 5.58. The third kappa shape index (κ3) is 5.81. The molecule has 1 atom stereocenters. The van der Waals surface area contributed by atoms with E-state index in [1.54, 1.807) is 0 Å². The van der Waals surface area contributed by atoms with Gasteiger partial charge in [0, 0.05) is 32.2 Å². The fraction of sp³-hybridized carbons (Fsp3) is 0.571. The Morgan fingerprint density at radius 2 is 2.25 bits per heavy atom. The second-order valence-electron chi connectivity index (χ2n) is 5.17. The number of hydrogen-bond donors (Lipinski definition) is 2. The molecule has 1 aliphatic rings. The van der Waals surface area contributed by atoms with Gasteiger partial charge in [-0.05, 0) is 18.9 Å². The Morgan fingerprint density at radius 3 is 2.88 bits per heavy atom. The Hall–Kier alpha value is -1.58. The minimum absolute atomic E-state index is 0.0335. The SMILES string of the molecule is O=C(CCNc1ncc(C(F)(F)F)cc1Cl)NOC1CCCCO1. The van der Waals surface area contributed by atoms with E-state index in [0.717, 1.165) is 18.9 Å². The highest BCUT2D eigenvalue weighted by atomic mass is 35.5. The van der Waals surface area contributed by atoms with E-state index >= 15 is 0 Å². The predicted octanol–water partition coefficient (Wildman–Crippen LogP) is 3.13. The molecule has 1 aromatic rings. The van der Waals surface area contributed by atoms with Gasteiger partial charge in [-0.15, -0.1) is 0 Å². The topological polar surface area (TPSA) is 72.5 Å². The minimum Gasteiger partial charge on any atom is -0.368 e. The molecule has 10 heteroatoms. The Kier molecular flexibility index (Phi) is 6.64. The number of halogens is 4. The van der Waals surface area contributed by atoms with Crippen LogP contribution in [0.25, 0.3) is 0 Å². The number of hydroxylamine groups is 1. The number of anilines is 1. The van der Waals surface area contributed by atoms with E-state index < -0.39 is 18.0 Å². The maximum absolute atomic E-state index is 12.5. The van der Waals surface area contributed by atoms with E-state index in [4.69, 9.17) is 21.2 Å².